The van der Waals surface area contributed by atoms with E-state index in [1.54, 1.807) is 0 Å². The molecular formula is C14H18N2O3. The van der Waals surface area contributed by atoms with Crippen LogP contribution in [-0.4, -0.2) is 18.7 Å². The fourth-order valence-corrected chi connectivity index (χ4v) is 2.47. The van der Waals surface area contributed by atoms with E-state index < -0.39 is 5.91 Å². The number of hydrogen-bond donors (Lipinski definition) is 2. The molecular weight excluding hydrogens is 244 g/mol. The van der Waals surface area contributed by atoms with Crippen molar-refractivity contribution >= 4 is 5.84 Å². The molecule has 5 nitrogen and oxygen atoms in total. The molecule has 0 unspecified atom stereocenters. The predicted molar refractivity (Wildman–Crippen MR) is 70.1 cm³/mol. The summed E-state index contributed by atoms with van der Waals surface area (Å²) >= 11 is 0. The van der Waals surface area contributed by atoms with Gasteiger partial charge in [-0.25, -0.2) is 0 Å². The van der Waals surface area contributed by atoms with Gasteiger partial charge in [0.1, 0.15) is 11.6 Å². The third-order valence-electron chi connectivity index (χ3n) is 3.33. The maximum absolute atomic E-state index is 7.97. The summed E-state index contributed by atoms with van der Waals surface area (Å²) in [6.07, 6.45) is 1.81. The zero-order valence-electron chi connectivity index (χ0n) is 11.2. The van der Waals surface area contributed by atoms with Gasteiger partial charge >= 0.3 is 0 Å². The Balaban J connectivity index is 1.93. The van der Waals surface area contributed by atoms with Crippen LogP contribution in [0, 0.1) is 5.41 Å². The molecule has 2 N–H and O–H groups in total. The first kappa shape index (κ1) is 12.4. The highest BCUT2D eigenvalue weighted by Crippen LogP contribution is 2.46. The lowest BCUT2D eigenvalue weighted by Gasteiger charge is -2.43. The van der Waals surface area contributed by atoms with Crippen LogP contribution in [0.25, 0.3) is 0 Å². The molecule has 0 amide bonds. The molecule has 0 saturated carbocycles. The van der Waals surface area contributed by atoms with Gasteiger partial charge in [0.15, 0.2) is 6.29 Å². The van der Waals surface area contributed by atoms with Crippen LogP contribution in [0.5, 0.6) is 5.75 Å². The molecule has 0 bridgehead atoms. The molecule has 1 aromatic rings. The second-order valence-electron chi connectivity index (χ2n) is 4.80. The minimum Gasteiger partial charge on any atom is -0.493 e. The monoisotopic (exact) mass is 262 g/mol. The minimum atomic E-state index is -1.02. The van der Waals surface area contributed by atoms with Crippen molar-refractivity contribution in [2.24, 2.45) is 0 Å². The highest BCUT2D eigenvalue weighted by atomic mass is 16.9. The standard InChI is InChI=1S/C14H18N2O3/c1-3-4-8-17-11-7-5-6-10-12(11)14(16-13(10)15)18-9(2)19-14/h5-7,9H,3-4,8H2,1-2H3,(H2,15,16). The lowest BCUT2D eigenvalue weighted by atomic mass is 10.1. The van der Waals surface area contributed by atoms with Crippen molar-refractivity contribution in [1.29, 1.82) is 5.41 Å². The summed E-state index contributed by atoms with van der Waals surface area (Å²) in [6, 6.07) is 5.66. The smallest absolute Gasteiger partial charge is 0.287 e. The van der Waals surface area contributed by atoms with Crippen molar-refractivity contribution in [2.75, 3.05) is 6.61 Å². The van der Waals surface area contributed by atoms with Crippen molar-refractivity contribution < 1.29 is 14.2 Å². The summed E-state index contributed by atoms with van der Waals surface area (Å²) in [5.41, 5.74) is 1.56. The summed E-state index contributed by atoms with van der Waals surface area (Å²) in [5.74, 6) is 0.0182. The zero-order valence-corrected chi connectivity index (χ0v) is 11.2. The summed E-state index contributed by atoms with van der Waals surface area (Å²) in [6.45, 7) is 4.61. The van der Waals surface area contributed by atoms with Crippen LogP contribution >= 0.6 is 0 Å². The Morgan fingerprint density at radius 2 is 2.21 bits per heavy atom. The number of ether oxygens (including phenoxy) is 3. The van der Waals surface area contributed by atoms with E-state index in [1.165, 1.54) is 0 Å². The van der Waals surface area contributed by atoms with Crippen molar-refractivity contribution in [3.63, 3.8) is 0 Å². The Labute approximate surface area is 112 Å². The summed E-state index contributed by atoms with van der Waals surface area (Å²) in [7, 11) is 0. The average molecular weight is 262 g/mol. The molecule has 2 heterocycles. The van der Waals surface area contributed by atoms with Crippen LogP contribution in [0.3, 0.4) is 0 Å². The van der Waals surface area contributed by atoms with Crippen LogP contribution < -0.4 is 10.1 Å². The molecule has 0 radical (unpaired) electrons. The molecule has 2 aliphatic rings. The van der Waals surface area contributed by atoms with Crippen molar-refractivity contribution in [3.05, 3.63) is 29.3 Å². The molecule has 1 spiro atoms. The van der Waals surface area contributed by atoms with Gasteiger partial charge in [0.2, 0.25) is 0 Å². The normalized spacial score (nSPS) is 27.9. The van der Waals surface area contributed by atoms with Gasteiger partial charge in [-0.3, -0.25) is 14.9 Å². The molecule has 2 aliphatic heterocycles. The zero-order chi connectivity index (χ0) is 13.5. The predicted octanol–water partition coefficient (Wildman–Crippen LogP) is 2.30. The van der Waals surface area contributed by atoms with E-state index in [9.17, 15) is 0 Å². The fourth-order valence-electron chi connectivity index (χ4n) is 2.47. The first-order valence-electron chi connectivity index (χ1n) is 6.65. The number of amidine groups is 1. The quantitative estimate of drug-likeness (QED) is 0.817. The largest absolute Gasteiger partial charge is 0.493 e. The van der Waals surface area contributed by atoms with E-state index in [4.69, 9.17) is 19.6 Å². The summed E-state index contributed by atoms with van der Waals surface area (Å²) in [5, 5.41) is 10.9. The lowest BCUT2D eigenvalue weighted by molar-refractivity contribution is -0.461. The number of rotatable bonds is 4. The second-order valence-corrected chi connectivity index (χ2v) is 4.80. The van der Waals surface area contributed by atoms with E-state index in [1.807, 2.05) is 25.1 Å². The minimum absolute atomic E-state index is 0.269. The number of benzene rings is 1. The lowest BCUT2D eigenvalue weighted by Crippen LogP contribution is -2.57. The van der Waals surface area contributed by atoms with Gasteiger partial charge in [-0.1, -0.05) is 25.5 Å². The first-order valence-corrected chi connectivity index (χ1v) is 6.65. The van der Waals surface area contributed by atoms with Crippen LogP contribution in [0.2, 0.25) is 0 Å². The van der Waals surface area contributed by atoms with Gasteiger partial charge in [0, 0.05) is 5.56 Å². The molecule has 0 aromatic heterocycles. The SMILES string of the molecule is CCCCOc1cccc2c1C1(NC2=N)OC(C)O1. The molecule has 1 fully saturated rings. The first-order chi connectivity index (χ1) is 9.16. The Kier molecular flexibility index (Phi) is 2.95. The van der Waals surface area contributed by atoms with Gasteiger partial charge in [-0.05, 0) is 19.4 Å². The van der Waals surface area contributed by atoms with Crippen molar-refractivity contribution in [1.82, 2.24) is 5.32 Å². The summed E-state index contributed by atoms with van der Waals surface area (Å²) in [4.78, 5) is 0. The molecule has 3 rings (SSSR count). The number of hydrogen-bond acceptors (Lipinski definition) is 4. The molecule has 102 valence electrons. The average Bonchev–Trinajstić information content (AvgIpc) is 2.64. The fraction of sp³-hybridized carbons (Fsp3) is 0.500. The van der Waals surface area contributed by atoms with E-state index >= 15 is 0 Å². The van der Waals surface area contributed by atoms with Gasteiger partial charge in [-0.15, -0.1) is 0 Å². The number of unbranched alkanes of at least 4 members (excludes halogenated alkanes) is 1. The van der Waals surface area contributed by atoms with E-state index in [0.29, 0.717) is 12.4 Å². The summed E-state index contributed by atoms with van der Waals surface area (Å²) < 4.78 is 17.2. The topological polar surface area (TPSA) is 63.6 Å². The van der Waals surface area contributed by atoms with Gasteiger partial charge in [0.05, 0.1) is 12.2 Å². The maximum Gasteiger partial charge on any atom is 0.287 e. The molecule has 5 heteroatoms. The molecule has 19 heavy (non-hydrogen) atoms. The van der Waals surface area contributed by atoms with Gasteiger partial charge < -0.3 is 10.1 Å². The number of fused-ring (bicyclic) bond motifs is 2. The van der Waals surface area contributed by atoms with Crippen LogP contribution in [0.1, 0.15) is 37.8 Å². The van der Waals surface area contributed by atoms with Crippen LogP contribution in [0.15, 0.2) is 18.2 Å². The van der Waals surface area contributed by atoms with Crippen LogP contribution in [-0.2, 0) is 15.4 Å². The Morgan fingerprint density at radius 1 is 1.42 bits per heavy atom. The maximum atomic E-state index is 7.97. The van der Waals surface area contributed by atoms with Gasteiger partial charge in [-0.2, -0.15) is 0 Å². The Morgan fingerprint density at radius 3 is 2.89 bits per heavy atom. The molecule has 1 aromatic carbocycles. The molecule has 0 aliphatic carbocycles. The number of nitrogens with one attached hydrogen (secondary N) is 2. The third-order valence-corrected chi connectivity index (χ3v) is 3.33. The van der Waals surface area contributed by atoms with Gasteiger partial charge in [0.25, 0.3) is 5.91 Å². The highest BCUT2D eigenvalue weighted by molar-refractivity contribution is 6.02. The van der Waals surface area contributed by atoms with Crippen LogP contribution in [0.4, 0.5) is 0 Å². The van der Waals surface area contributed by atoms with Crippen molar-refractivity contribution in [2.45, 2.75) is 38.9 Å². The highest BCUT2D eigenvalue weighted by Gasteiger charge is 2.55. The molecule has 1 saturated heterocycles. The van der Waals surface area contributed by atoms with Crippen molar-refractivity contribution in [3.8, 4) is 5.75 Å². The Bertz CT molecular complexity index is 509. The third kappa shape index (κ3) is 1.89. The molecule has 0 atom stereocenters. The Hall–Kier alpha value is -1.59. The van der Waals surface area contributed by atoms with E-state index in [-0.39, 0.29) is 6.29 Å². The van der Waals surface area contributed by atoms with E-state index in [2.05, 4.69) is 12.2 Å². The second kappa shape index (κ2) is 4.51. The van der Waals surface area contributed by atoms with E-state index in [0.717, 1.165) is 29.7 Å².